The molecule has 2 rings (SSSR count). The zero-order chi connectivity index (χ0) is 8.55. The number of aryl methyl sites for hydroxylation is 1. The number of halogens is 1. The van der Waals surface area contributed by atoms with Gasteiger partial charge in [-0.25, -0.2) is 0 Å². The van der Waals surface area contributed by atoms with E-state index in [0.717, 1.165) is 12.5 Å². The van der Waals surface area contributed by atoms with Crippen molar-refractivity contribution in [3.8, 4) is 0 Å². The number of rotatable bonds is 2. The molecule has 0 aromatic carbocycles. The lowest BCUT2D eigenvalue weighted by Gasteiger charge is -2.07. The van der Waals surface area contributed by atoms with Crippen molar-refractivity contribution in [3.05, 3.63) is 20.3 Å². The van der Waals surface area contributed by atoms with E-state index in [1.165, 1.54) is 16.6 Å². The third kappa shape index (κ3) is 1.45. The molecule has 1 unspecified atom stereocenters. The van der Waals surface area contributed by atoms with Crippen molar-refractivity contribution >= 4 is 27.3 Å². The van der Waals surface area contributed by atoms with Gasteiger partial charge in [0.15, 0.2) is 0 Å². The maximum Gasteiger partial charge on any atom is 0.0704 e. The van der Waals surface area contributed by atoms with Crippen LogP contribution in [0.3, 0.4) is 0 Å². The average Bonchev–Trinajstić information content (AvgIpc) is 2.52. The van der Waals surface area contributed by atoms with E-state index >= 15 is 0 Å². The first-order valence-corrected chi connectivity index (χ1v) is 5.85. The minimum atomic E-state index is 0.757. The highest BCUT2D eigenvalue weighted by molar-refractivity contribution is 9.11. The van der Waals surface area contributed by atoms with Gasteiger partial charge in [0.05, 0.1) is 3.79 Å². The lowest BCUT2D eigenvalue weighted by atomic mass is 10.0. The summed E-state index contributed by atoms with van der Waals surface area (Å²) in [4.78, 5) is 1.59. The Morgan fingerprint density at radius 3 is 3.33 bits per heavy atom. The van der Waals surface area contributed by atoms with Gasteiger partial charge >= 0.3 is 0 Å². The van der Waals surface area contributed by atoms with Crippen molar-refractivity contribution < 1.29 is 0 Å². The van der Waals surface area contributed by atoms with Gasteiger partial charge in [0, 0.05) is 11.4 Å². The summed E-state index contributed by atoms with van der Waals surface area (Å²) in [6.07, 6.45) is 2.60. The first-order valence-electron chi connectivity index (χ1n) is 4.24. The van der Waals surface area contributed by atoms with Gasteiger partial charge in [-0.2, -0.15) is 0 Å². The fourth-order valence-corrected chi connectivity index (χ4v) is 3.69. The summed E-state index contributed by atoms with van der Waals surface area (Å²) in [5.41, 5.74) is 1.57. The molecule has 1 nitrogen and oxygen atoms in total. The Bertz CT molecular complexity index is 282. The second-order valence-corrected chi connectivity index (χ2v) is 5.74. The highest BCUT2D eigenvalue weighted by Gasteiger charge is 2.23. The van der Waals surface area contributed by atoms with Crippen LogP contribution < -0.4 is 5.32 Å². The highest BCUT2D eigenvalue weighted by Crippen LogP contribution is 2.40. The number of nitrogens with one attached hydrogen (secondary N) is 1. The fourth-order valence-electron chi connectivity index (χ4n) is 1.87. The molecule has 1 aliphatic rings. The molecule has 1 aromatic rings. The molecule has 0 aliphatic heterocycles. The standard InChI is InChI=1S/C9H12BrNS/c1-11-5-6-2-3-8-7(6)4-9(10)12-8/h4,6,11H,2-3,5H2,1H3. The van der Waals surface area contributed by atoms with Crippen LogP contribution in [0, 0.1) is 0 Å². The molecule has 0 fully saturated rings. The molecular weight excluding hydrogens is 234 g/mol. The smallest absolute Gasteiger partial charge is 0.0704 e. The van der Waals surface area contributed by atoms with E-state index in [4.69, 9.17) is 0 Å². The number of thiophene rings is 1. The lowest BCUT2D eigenvalue weighted by molar-refractivity contribution is 0.623. The summed E-state index contributed by atoms with van der Waals surface area (Å²) in [6.45, 7) is 1.12. The van der Waals surface area contributed by atoms with Crippen LogP contribution >= 0.6 is 27.3 Å². The molecule has 1 N–H and O–H groups in total. The molecule has 12 heavy (non-hydrogen) atoms. The molecule has 0 saturated heterocycles. The predicted molar refractivity (Wildman–Crippen MR) is 57.0 cm³/mol. The fraction of sp³-hybridized carbons (Fsp3) is 0.556. The van der Waals surface area contributed by atoms with Crippen LogP contribution in [0.15, 0.2) is 9.85 Å². The third-order valence-electron chi connectivity index (χ3n) is 2.42. The van der Waals surface area contributed by atoms with Gasteiger partial charge in [-0.3, -0.25) is 0 Å². The van der Waals surface area contributed by atoms with Crippen LogP contribution in [0.25, 0.3) is 0 Å². The molecule has 1 atom stereocenters. The van der Waals surface area contributed by atoms with Gasteiger partial charge in [-0.1, -0.05) is 0 Å². The Morgan fingerprint density at radius 2 is 2.58 bits per heavy atom. The Morgan fingerprint density at radius 1 is 1.75 bits per heavy atom. The van der Waals surface area contributed by atoms with E-state index in [0.29, 0.717) is 0 Å². The molecule has 0 saturated carbocycles. The number of likely N-dealkylation sites (N-methyl/N-ethyl adjacent to an activating group) is 1. The molecule has 66 valence electrons. The predicted octanol–water partition coefficient (Wildman–Crippen LogP) is 2.76. The summed E-state index contributed by atoms with van der Waals surface area (Å²) in [6, 6.07) is 2.29. The second-order valence-electron chi connectivity index (χ2n) is 3.22. The molecule has 3 heteroatoms. The van der Waals surface area contributed by atoms with Crippen LogP contribution in [0.4, 0.5) is 0 Å². The maximum absolute atomic E-state index is 3.53. The van der Waals surface area contributed by atoms with Gasteiger partial charge in [-0.05, 0) is 53.4 Å². The van der Waals surface area contributed by atoms with Crippen LogP contribution in [0.2, 0.25) is 0 Å². The summed E-state index contributed by atoms with van der Waals surface area (Å²) in [5.74, 6) is 0.757. The van der Waals surface area contributed by atoms with E-state index < -0.39 is 0 Å². The van der Waals surface area contributed by atoms with E-state index in [-0.39, 0.29) is 0 Å². The number of hydrogen-bond donors (Lipinski definition) is 1. The molecule has 1 aromatic heterocycles. The lowest BCUT2D eigenvalue weighted by Crippen LogP contribution is -2.14. The summed E-state index contributed by atoms with van der Waals surface area (Å²) >= 11 is 5.43. The van der Waals surface area contributed by atoms with Crippen LogP contribution in [-0.2, 0) is 6.42 Å². The largest absolute Gasteiger partial charge is 0.319 e. The number of fused-ring (bicyclic) bond motifs is 1. The highest BCUT2D eigenvalue weighted by atomic mass is 79.9. The molecule has 1 heterocycles. The number of hydrogen-bond acceptors (Lipinski definition) is 2. The van der Waals surface area contributed by atoms with Crippen LogP contribution in [0.5, 0.6) is 0 Å². The maximum atomic E-state index is 3.53. The monoisotopic (exact) mass is 245 g/mol. The quantitative estimate of drug-likeness (QED) is 0.846. The molecule has 0 radical (unpaired) electrons. The van der Waals surface area contributed by atoms with Crippen molar-refractivity contribution in [1.29, 1.82) is 0 Å². The summed E-state index contributed by atoms with van der Waals surface area (Å²) in [7, 11) is 2.03. The summed E-state index contributed by atoms with van der Waals surface area (Å²) in [5, 5.41) is 3.25. The zero-order valence-electron chi connectivity index (χ0n) is 7.06. The molecule has 0 amide bonds. The molecular formula is C9H12BrNS. The van der Waals surface area contributed by atoms with Gasteiger partial charge in [0.1, 0.15) is 0 Å². The van der Waals surface area contributed by atoms with Crippen molar-refractivity contribution in [2.75, 3.05) is 13.6 Å². The SMILES string of the molecule is CNCC1CCc2sc(Br)cc21. The summed E-state index contributed by atoms with van der Waals surface area (Å²) < 4.78 is 1.29. The first-order chi connectivity index (χ1) is 5.81. The molecule has 1 aliphatic carbocycles. The van der Waals surface area contributed by atoms with Crippen LogP contribution in [-0.4, -0.2) is 13.6 Å². The third-order valence-corrected chi connectivity index (χ3v) is 4.14. The minimum Gasteiger partial charge on any atom is -0.319 e. The van der Waals surface area contributed by atoms with Crippen molar-refractivity contribution in [3.63, 3.8) is 0 Å². The van der Waals surface area contributed by atoms with Gasteiger partial charge in [-0.15, -0.1) is 11.3 Å². The first kappa shape index (κ1) is 8.73. The van der Waals surface area contributed by atoms with Gasteiger partial charge in [0.25, 0.3) is 0 Å². The Hall–Kier alpha value is 0.140. The van der Waals surface area contributed by atoms with Gasteiger partial charge < -0.3 is 5.32 Å². The zero-order valence-corrected chi connectivity index (χ0v) is 9.46. The van der Waals surface area contributed by atoms with Gasteiger partial charge in [0.2, 0.25) is 0 Å². The molecule has 0 spiro atoms. The van der Waals surface area contributed by atoms with E-state index in [1.807, 2.05) is 18.4 Å². The van der Waals surface area contributed by atoms with Crippen molar-refractivity contribution in [2.24, 2.45) is 0 Å². The van der Waals surface area contributed by atoms with E-state index in [1.54, 1.807) is 10.4 Å². The average molecular weight is 246 g/mol. The van der Waals surface area contributed by atoms with Crippen molar-refractivity contribution in [2.45, 2.75) is 18.8 Å². The van der Waals surface area contributed by atoms with E-state index in [9.17, 15) is 0 Å². The van der Waals surface area contributed by atoms with Crippen molar-refractivity contribution in [1.82, 2.24) is 5.32 Å². The normalized spacial score (nSPS) is 21.3. The Labute approximate surface area is 85.3 Å². The second kappa shape index (κ2) is 3.48. The van der Waals surface area contributed by atoms with E-state index in [2.05, 4.69) is 27.3 Å². The van der Waals surface area contributed by atoms with Crippen LogP contribution in [0.1, 0.15) is 22.8 Å². The Kier molecular flexibility index (Phi) is 2.53. The molecule has 0 bridgehead atoms. The topological polar surface area (TPSA) is 12.0 Å². The Balaban J connectivity index is 2.22. The minimum absolute atomic E-state index is 0.757.